The largest absolute Gasteiger partial charge is 0.489 e. The molecule has 1 atom stereocenters. The number of carbonyl (C=O) groups is 2. The highest BCUT2D eigenvalue weighted by molar-refractivity contribution is 6.00. The summed E-state index contributed by atoms with van der Waals surface area (Å²) in [5.41, 5.74) is 4.16. The van der Waals surface area contributed by atoms with Crippen molar-refractivity contribution in [2.24, 2.45) is 0 Å². The van der Waals surface area contributed by atoms with Gasteiger partial charge in [0.2, 0.25) is 17.8 Å². The fourth-order valence-corrected chi connectivity index (χ4v) is 4.36. The lowest BCUT2D eigenvalue weighted by Crippen LogP contribution is -2.28. The zero-order chi connectivity index (χ0) is 25.8. The van der Waals surface area contributed by atoms with E-state index in [-0.39, 0.29) is 17.9 Å². The fourth-order valence-electron chi connectivity index (χ4n) is 4.36. The van der Waals surface area contributed by atoms with Crippen molar-refractivity contribution in [2.45, 2.75) is 19.4 Å². The van der Waals surface area contributed by atoms with Crippen LogP contribution in [0.15, 0.2) is 85.6 Å². The molecule has 1 aromatic heterocycles. The summed E-state index contributed by atoms with van der Waals surface area (Å²) in [4.78, 5) is 34.3. The van der Waals surface area contributed by atoms with Crippen molar-refractivity contribution >= 4 is 40.0 Å². The summed E-state index contributed by atoms with van der Waals surface area (Å²) in [7, 11) is 0. The number of fused-ring (bicyclic) bond motifs is 1. The van der Waals surface area contributed by atoms with E-state index in [1.54, 1.807) is 18.0 Å². The van der Waals surface area contributed by atoms with Gasteiger partial charge in [-0.1, -0.05) is 36.9 Å². The van der Waals surface area contributed by atoms with Crippen molar-refractivity contribution in [1.29, 1.82) is 0 Å². The zero-order valence-corrected chi connectivity index (χ0v) is 20.5. The molecule has 2 N–H and O–H groups in total. The summed E-state index contributed by atoms with van der Waals surface area (Å²) >= 11 is 0. The normalized spacial score (nSPS) is 14.8. The summed E-state index contributed by atoms with van der Waals surface area (Å²) in [6, 6.07) is 21.2. The Morgan fingerprint density at radius 1 is 1.08 bits per heavy atom. The van der Waals surface area contributed by atoms with Gasteiger partial charge in [-0.3, -0.25) is 9.59 Å². The van der Waals surface area contributed by atoms with Crippen LogP contribution >= 0.6 is 0 Å². The van der Waals surface area contributed by atoms with Gasteiger partial charge in [0.1, 0.15) is 11.9 Å². The van der Waals surface area contributed by atoms with Crippen LogP contribution in [0.4, 0.5) is 17.3 Å². The van der Waals surface area contributed by atoms with Crippen molar-refractivity contribution in [1.82, 2.24) is 14.9 Å². The predicted octanol–water partition coefficient (Wildman–Crippen LogP) is 5.16. The number of ether oxygens (including phenoxy) is 1. The van der Waals surface area contributed by atoms with Crippen LogP contribution in [0.3, 0.4) is 0 Å². The Labute approximate surface area is 215 Å². The van der Waals surface area contributed by atoms with Crippen LogP contribution in [0.2, 0.25) is 0 Å². The molecule has 8 heteroatoms. The standard InChI is InChI=1S/C29H27N5O3/c1-3-27(36)31-23-8-4-6-20(16-23)26-9-5-7-21-17-30-29(33-28(21)26)32-22-10-12-24(13-11-22)37-25-14-15-34(18-25)19(2)35/h3-13,16-17,25H,1,14-15,18H2,2H3,(H,31,36)(H,30,32,33). The lowest BCUT2D eigenvalue weighted by Gasteiger charge is -2.16. The van der Waals surface area contributed by atoms with Crippen LogP contribution in [-0.2, 0) is 9.59 Å². The predicted molar refractivity (Wildman–Crippen MR) is 145 cm³/mol. The van der Waals surface area contributed by atoms with Crippen molar-refractivity contribution in [3.05, 3.63) is 85.6 Å². The van der Waals surface area contributed by atoms with Gasteiger partial charge in [-0.05, 0) is 48.0 Å². The van der Waals surface area contributed by atoms with Crippen LogP contribution in [0.25, 0.3) is 22.0 Å². The first kappa shape index (κ1) is 24.0. The molecule has 1 unspecified atom stereocenters. The number of rotatable bonds is 7. The smallest absolute Gasteiger partial charge is 0.247 e. The molecule has 1 aliphatic rings. The second kappa shape index (κ2) is 10.5. The lowest BCUT2D eigenvalue weighted by molar-refractivity contribution is -0.128. The molecule has 2 amide bonds. The van der Waals surface area contributed by atoms with Gasteiger partial charge in [-0.2, -0.15) is 0 Å². The summed E-state index contributed by atoms with van der Waals surface area (Å²) in [6.45, 7) is 6.44. The first-order valence-electron chi connectivity index (χ1n) is 12.1. The average molecular weight is 494 g/mol. The molecule has 2 heterocycles. The molecule has 0 spiro atoms. The highest BCUT2D eigenvalue weighted by Crippen LogP contribution is 2.30. The van der Waals surface area contributed by atoms with Crippen LogP contribution in [-0.4, -0.2) is 45.9 Å². The minimum Gasteiger partial charge on any atom is -0.489 e. The third-order valence-corrected chi connectivity index (χ3v) is 6.24. The first-order chi connectivity index (χ1) is 18.0. The van der Waals surface area contributed by atoms with Crippen LogP contribution in [0.5, 0.6) is 5.75 Å². The van der Waals surface area contributed by atoms with E-state index in [1.165, 1.54) is 6.08 Å². The van der Waals surface area contributed by atoms with Crippen molar-refractivity contribution in [3.63, 3.8) is 0 Å². The minimum absolute atomic E-state index is 0.00791. The molecule has 0 aliphatic carbocycles. The quantitative estimate of drug-likeness (QED) is 0.345. The molecule has 5 rings (SSSR count). The van der Waals surface area contributed by atoms with Gasteiger partial charge in [-0.15, -0.1) is 0 Å². The topological polar surface area (TPSA) is 96.5 Å². The Kier molecular flexibility index (Phi) is 6.81. The Morgan fingerprint density at radius 3 is 2.65 bits per heavy atom. The molecule has 0 bridgehead atoms. The van der Waals surface area contributed by atoms with Crippen LogP contribution < -0.4 is 15.4 Å². The van der Waals surface area contributed by atoms with E-state index in [0.29, 0.717) is 18.2 Å². The van der Waals surface area contributed by atoms with Gasteiger partial charge < -0.3 is 20.3 Å². The summed E-state index contributed by atoms with van der Waals surface area (Å²) in [5.74, 6) is 1.04. The Morgan fingerprint density at radius 2 is 1.89 bits per heavy atom. The maximum absolute atomic E-state index is 11.7. The Bertz CT molecular complexity index is 1470. The molecule has 8 nitrogen and oxygen atoms in total. The molecule has 37 heavy (non-hydrogen) atoms. The number of hydrogen-bond donors (Lipinski definition) is 2. The van der Waals surface area contributed by atoms with Gasteiger partial charge in [0.25, 0.3) is 0 Å². The second-order valence-electron chi connectivity index (χ2n) is 8.85. The number of benzene rings is 3. The van der Waals surface area contributed by atoms with Crippen molar-refractivity contribution < 1.29 is 14.3 Å². The van der Waals surface area contributed by atoms with Crippen molar-refractivity contribution in [2.75, 3.05) is 23.7 Å². The monoisotopic (exact) mass is 493 g/mol. The maximum Gasteiger partial charge on any atom is 0.247 e. The van der Waals surface area contributed by atoms with Crippen molar-refractivity contribution in [3.8, 4) is 16.9 Å². The molecular formula is C29H27N5O3. The summed E-state index contributed by atoms with van der Waals surface area (Å²) in [6.07, 6.45) is 3.87. The number of likely N-dealkylation sites (tertiary alicyclic amines) is 1. The molecule has 3 aromatic carbocycles. The fraction of sp³-hybridized carbons (Fsp3) is 0.172. The van der Waals surface area contributed by atoms with E-state index in [4.69, 9.17) is 9.72 Å². The summed E-state index contributed by atoms with van der Waals surface area (Å²) in [5, 5.41) is 6.97. The number of aromatic nitrogens is 2. The third kappa shape index (κ3) is 5.59. The van der Waals surface area contributed by atoms with E-state index in [0.717, 1.165) is 46.4 Å². The van der Waals surface area contributed by atoms with Gasteiger partial charge in [0, 0.05) is 48.4 Å². The highest BCUT2D eigenvalue weighted by atomic mass is 16.5. The molecule has 186 valence electrons. The molecule has 1 fully saturated rings. The molecule has 4 aromatic rings. The molecule has 0 radical (unpaired) electrons. The number of nitrogens with zero attached hydrogens (tertiary/aromatic N) is 3. The zero-order valence-electron chi connectivity index (χ0n) is 20.5. The number of amides is 2. The Hall–Kier alpha value is -4.72. The van der Waals surface area contributed by atoms with E-state index < -0.39 is 0 Å². The lowest BCUT2D eigenvalue weighted by atomic mass is 10.0. The molecule has 0 saturated carbocycles. The number of nitrogens with one attached hydrogen (secondary N) is 2. The molecular weight excluding hydrogens is 466 g/mol. The molecule has 1 aliphatic heterocycles. The Balaban J connectivity index is 1.33. The van der Waals surface area contributed by atoms with Gasteiger partial charge in [0.05, 0.1) is 12.1 Å². The van der Waals surface area contributed by atoms with Gasteiger partial charge >= 0.3 is 0 Å². The van der Waals surface area contributed by atoms with E-state index in [2.05, 4.69) is 22.2 Å². The van der Waals surface area contributed by atoms with Crippen LogP contribution in [0, 0.1) is 0 Å². The SMILES string of the molecule is C=CC(=O)Nc1cccc(-c2cccc3cnc(Nc4ccc(OC5CCN(C(C)=O)C5)cc4)nc23)c1. The highest BCUT2D eigenvalue weighted by Gasteiger charge is 2.25. The molecule has 1 saturated heterocycles. The van der Waals surface area contributed by atoms with E-state index >= 15 is 0 Å². The second-order valence-corrected chi connectivity index (χ2v) is 8.85. The van der Waals surface area contributed by atoms with Gasteiger partial charge in [-0.25, -0.2) is 9.97 Å². The average Bonchev–Trinajstić information content (AvgIpc) is 3.38. The maximum atomic E-state index is 11.7. The van der Waals surface area contributed by atoms with E-state index in [1.807, 2.05) is 66.7 Å². The van der Waals surface area contributed by atoms with Gasteiger partial charge in [0.15, 0.2) is 0 Å². The summed E-state index contributed by atoms with van der Waals surface area (Å²) < 4.78 is 6.04. The minimum atomic E-state index is -0.262. The first-order valence-corrected chi connectivity index (χ1v) is 12.1. The number of anilines is 3. The van der Waals surface area contributed by atoms with E-state index in [9.17, 15) is 9.59 Å². The number of para-hydroxylation sites is 1. The number of hydrogen-bond acceptors (Lipinski definition) is 6. The third-order valence-electron chi connectivity index (χ3n) is 6.24. The number of carbonyl (C=O) groups excluding carboxylic acids is 2. The van der Waals surface area contributed by atoms with Crippen LogP contribution in [0.1, 0.15) is 13.3 Å².